The Morgan fingerprint density at radius 2 is 1.76 bits per heavy atom. The van der Waals surface area contributed by atoms with Crippen LogP contribution in [0.2, 0.25) is 0 Å². The summed E-state index contributed by atoms with van der Waals surface area (Å²) < 4.78 is 4.73. The van der Waals surface area contributed by atoms with Gasteiger partial charge < -0.3 is 4.74 Å². The van der Waals surface area contributed by atoms with E-state index in [2.05, 4.69) is 29.2 Å². The van der Waals surface area contributed by atoms with E-state index in [1.807, 2.05) is 18.3 Å². The van der Waals surface area contributed by atoms with E-state index in [1.165, 1.54) is 29.4 Å². The van der Waals surface area contributed by atoms with Crippen molar-refractivity contribution in [2.75, 3.05) is 7.11 Å². The highest BCUT2D eigenvalue weighted by Crippen LogP contribution is 2.36. The van der Waals surface area contributed by atoms with Crippen LogP contribution in [-0.4, -0.2) is 23.0 Å². The Hall–Kier alpha value is -3.01. The number of carbonyl (C=O) groups excluding carboxylic acids is 1. The van der Waals surface area contributed by atoms with Gasteiger partial charge in [-0.3, -0.25) is 9.97 Å². The molecule has 2 aromatic heterocycles. The van der Waals surface area contributed by atoms with E-state index in [4.69, 9.17) is 9.72 Å². The molecule has 124 valence electrons. The van der Waals surface area contributed by atoms with Crippen LogP contribution in [0.25, 0.3) is 22.5 Å². The van der Waals surface area contributed by atoms with Crippen LogP contribution < -0.4 is 0 Å². The van der Waals surface area contributed by atoms with E-state index in [9.17, 15) is 4.79 Å². The summed E-state index contributed by atoms with van der Waals surface area (Å²) in [5.74, 6) is -0.378. The molecule has 25 heavy (non-hydrogen) atoms. The molecule has 0 radical (unpaired) electrons. The molecule has 0 N–H and O–H groups in total. The fraction of sp³-hybridized carbons (Fsp3) is 0.190. The number of pyridine rings is 2. The molecule has 0 aliphatic heterocycles. The summed E-state index contributed by atoms with van der Waals surface area (Å²) in [6.45, 7) is 0. The fourth-order valence-electron chi connectivity index (χ4n) is 3.45. The number of carbonyl (C=O) groups is 1. The van der Waals surface area contributed by atoms with Crippen LogP contribution in [0, 0.1) is 0 Å². The van der Waals surface area contributed by atoms with Crippen LogP contribution in [0.5, 0.6) is 0 Å². The van der Waals surface area contributed by atoms with Crippen LogP contribution in [0.15, 0.2) is 54.9 Å². The Morgan fingerprint density at radius 1 is 0.960 bits per heavy atom. The zero-order valence-electron chi connectivity index (χ0n) is 14.0. The van der Waals surface area contributed by atoms with Gasteiger partial charge in [0.2, 0.25) is 0 Å². The topological polar surface area (TPSA) is 52.1 Å². The predicted octanol–water partition coefficient (Wildman–Crippen LogP) is 4.09. The predicted molar refractivity (Wildman–Crippen MR) is 96.3 cm³/mol. The highest BCUT2D eigenvalue weighted by molar-refractivity contribution is 5.89. The molecule has 2 heterocycles. The average Bonchev–Trinajstić information content (AvgIpc) is 3.17. The van der Waals surface area contributed by atoms with E-state index in [1.54, 1.807) is 12.3 Å². The number of hydrogen-bond donors (Lipinski definition) is 0. The first-order chi connectivity index (χ1) is 12.3. The number of ether oxygens (including phenoxy) is 1. The third-order valence-corrected chi connectivity index (χ3v) is 4.66. The van der Waals surface area contributed by atoms with Gasteiger partial charge in [-0.05, 0) is 48.1 Å². The minimum Gasteiger partial charge on any atom is -0.465 e. The molecule has 4 nitrogen and oxygen atoms in total. The van der Waals surface area contributed by atoms with Crippen molar-refractivity contribution in [3.63, 3.8) is 0 Å². The number of aromatic nitrogens is 2. The normalized spacial score (nSPS) is 12.7. The van der Waals surface area contributed by atoms with Crippen molar-refractivity contribution >= 4 is 5.97 Å². The molecule has 0 fully saturated rings. The molecule has 1 aromatic carbocycles. The molecular weight excluding hydrogens is 312 g/mol. The van der Waals surface area contributed by atoms with E-state index in [0.717, 1.165) is 30.7 Å². The molecule has 3 aromatic rings. The van der Waals surface area contributed by atoms with Crippen LogP contribution in [-0.2, 0) is 17.6 Å². The lowest BCUT2D eigenvalue weighted by atomic mass is 9.97. The first-order valence-electron chi connectivity index (χ1n) is 8.39. The standard InChI is InChI=1S/C21H18N2O2/c1-25-21(24)15-10-11-19(22-12-15)20-17-9-5-8-16(17)18(13-23-20)14-6-3-2-4-7-14/h2-4,6-7,10-13H,5,8-9H2,1H3. The molecule has 0 spiro atoms. The second kappa shape index (κ2) is 6.48. The third-order valence-electron chi connectivity index (χ3n) is 4.66. The molecule has 0 amide bonds. The molecular formula is C21H18N2O2. The second-order valence-corrected chi connectivity index (χ2v) is 6.12. The van der Waals surface area contributed by atoms with Gasteiger partial charge in [0, 0.05) is 18.0 Å². The summed E-state index contributed by atoms with van der Waals surface area (Å²) in [4.78, 5) is 20.7. The molecule has 0 bridgehead atoms. The summed E-state index contributed by atoms with van der Waals surface area (Å²) in [5, 5.41) is 0. The van der Waals surface area contributed by atoms with Gasteiger partial charge >= 0.3 is 5.97 Å². The number of nitrogens with zero attached hydrogens (tertiary/aromatic N) is 2. The van der Waals surface area contributed by atoms with Gasteiger partial charge in [0.15, 0.2) is 0 Å². The summed E-state index contributed by atoms with van der Waals surface area (Å²) in [6, 6.07) is 14.0. The van der Waals surface area contributed by atoms with Gasteiger partial charge in [-0.1, -0.05) is 30.3 Å². The zero-order chi connectivity index (χ0) is 17.2. The first kappa shape index (κ1) is 15.5. The fourth-order valence-corrected chi connectivity index (χ4v) is 3.45. The smallest absolute Gasteiger partial charge is 0.339 e. The summed E-state index contributed by atoms with van der Waals surface area (Å²) in [7, 11) is 1.37. The molecule has 0 saturated heterocycles. The van der Waals surface area contributed by atoms with Crippen molar-refractivity contribution in [1.82, 2.24) is 9.97 Å². The SMILES string of the molecule is COC(=O)c1ccc(-c2ncc(-c3ccccc3)c3c2CCC3)nc1. The van der Waals surface area contributed by atoms with Crippen molar-refractivity contribution in [3.05, 3.63) is 71.5 Å². The number of rotatable bonds is 3. The molecule has 1 aliphatic rings. The molecule has 1 aliphatic carbocycles. The lowest BCUT2D eigenvalue weighted by molar-refractivity contribution is 0.0600. The molecule has 0 saturated carbocycles. The van der Waals surface area contributed by atoms with Crippen molar-refractivity contribution < 1.29 is 9.53 Å². The monoisotopic (exact) mass is 330 g/mol. The van der Waals surface area contributed by atoms with Gasteiger partial charge in [0.05, 0.1) is 24.1 Å². The highest BCUT2D eigenvalue weighted by atomic mass is 16.5. The lowest BCUT2D eigenvalue weighted by Gasteiger charge is -2.12. The number of methoxy groups -OCH3 is 1. The molecule has 0 unspecified atom stereocenters. The zero-order valence-corrected chi connectivity index (χ0v) is 14.0. The lowest BCUT2D eigenvalue weighted by Crippen LogP contribution is -2.03. The van der Waals surface area contributed by atoms with E-state index < -0.39 is 0 Å². The van der Waals surface area contributed by atoms with Crippen LogP contribution in [0.4, 0.5) is 0 Å². The van der Waals surface area contributed by atoms with Gasteiger partial charge in [0.1, 0.15) is 0 Å². The quantitative estimate of drug-likeness (QED) is 0.679. The Labute approximate surface area is 146 Å². The molecule has 4 rings (SSSR count). The van der Waals surface area contributed by atoms with Crippen LogP contribution in [0.3, 0.4) is 0 Å². The first-order valence-corrected chi connectivity index (χ1v) is 8.39. The number of fused-ring (bicyclic) bond motifs is 1. The maximum atomic E-state index is 11.6. The van der Waals surface area contributed by atoms with Crippen molar-refractivity contribution in [2.45, 2.75) is 19.3 Å². The summed E-state index contributed by atoms with van der Waals surface area (Å²) in [5.41, 5.74) is 7.23. The minimum atomic E-state index is -0.378. The largest absolute Gasteiger partial charge is 0.465 e. The Balaban J connectivity index is 1.77. The van der Waals surface area contributed by atoms with Gasteiger partial charge in [-0.15, -0.1) is 0 Å². The highest BCUT2D eigenvalue weighted by Gasteiger charge is 2.22. The average molecular weight is 330 g/mol. The van der Waals surface area contributed by atoms with Crippen molar-refractivity contribution in [3.8, 4) is 22.5 Å². The minimum absolute atomic E-state index is 0.378. The van der Waals surface area contributed by atoms with Crippen molar-refractivity contribution in [1.29, 1.82) is 0 Å². The second-order valence-electron chi connectivity index (χ2n) is 6.12. The Morgan fingerprint density at radius 3 is 2.48 bits per heavy atom. The third kappa shape index (κ3) is 2.80. The Kier molecular flexibility index (Phi) is 4.02. The summed E-state index contributed by atoms with van der Waals surface area (Å²) in [6.07, 6.45) is 6.71. The number of hydrogen-bond acceptors (Lipinski definition) is 4. The van der Waals surface area contributed by atoms with Gasteiger partial charge in [0.25, 0.3) is 0 Å². The number of esters is 1. The Bertz CT molecular complexity index is 919. The number of benzene rings is 1. The van der Waals surface area contributed by atoms with Crippen molar-refractivity contribution in [2.24, 2.45) is 0 Å². The van der Waals surface area contributed by atoms with Crippen LogP contribution in [0.1, 0.15) is 27.9 Å². The maximum absolute atomic E-state index is 11.6. The van der Waals surface area contributed by atoms with Crippen LogP contribution >= 0.6 is 0 Å². The molecule has 0 atom stereocenters. The van der Waals surface area contributed by atoms with E-state index in [-0.39, 0.29) is 5.97 Å². The van der Waals surface area contributed by atoms with E-state index in [0.29, 0.717) is 5.56 Å². The van der Waals surface area contributed by atoms with E-state index >= 15 is 0 Å². The molecule has 4 heteroatoms. The van der Waals surface area contributed by atoms with Gasteiger partial charge in [-0.25, -0.2) is 4.79 Å². The maximum Gasteiger partial charge on any atom is 0.339 e. The summed E-state index contributed by atoms with van der Waals surface area (Å²) >= 11 is 0. The van der Waals surface area contributed by atoms with Gasteiger partial charge in [-0.2, -0.15) is 0 Å².